The number of nitrogens with zero attached hydrogens (tertiary/aromatic N) is 2. The molecule has 1 aromatic heterocycles. The van der Waals surface area contributed by atoms with Crippen LogP contribution in [0, 0.1) is 13.8 Å². The largest absolute Gasteiger partial charge is 0.371 e. The molecule has 3 nitrogen and oxygen atoms in total. The maximum Gasteiger partial charge on any atom is 0.113 e. The van der Waals surface area contributed by atoms with Gasteiger partial charge in [0.25, 0.3) is 0 Å². The van der Waals surface area contributed by atoms with Crippen molar-refractivity contribution in [2.45, 2.75) is 32.2 Å². The average molecular weight is 287 g/mol. The molecule has 1 aromatic carbocycles. The van der Waals surface area contributed by atoms with E-state index >= 15 is 0 Å². The van der Waals surface area contributed by atoms with Crippen LogP contribution in [0.2, 0.25) is 0 Å². The zero-order valence-electron chi connectivity index (χ0n) is 12.1. The number of hydrogen-bond acceptors (Lipinski definition) is 4. The summed E-state index contributed by atoms with van der Waals surface area (Å²) < 4.78 is 0. The van der Waals surface area contributed by atoms with Crippen molar-refractivity contribution in [3.8, 4) is 0 Å². The lowest BCUT2D eigenvalue weighted by atomic mass is 9.89. The zero-order chi connectivity index (χ0) is 14.2. The molecule has 20 heavy (non-hydrogen) atoms. The molecule has 3 rings (SSSR count). The standard InChI is InChI=1S/C16H21N3S/c1-12-13(2)20-15(18-12)16(17)8-10-19(11-9-16)14-6-4-3-5-7-14/h3-7H,8-11,17H2,1-2H3. The van der Waals surface area contributed by atoms with E-state index in [9.17, 15) is 0 Å². The number of piperidine rings is 1. The predicted molar refractivity (Wildman–Crippen MR) is 85.3 cm³/mol. The monoisotopic (exact) mass is 287 g/mol. The molecule has 0 radical (unpaired) electrons. The molecular formula is C16H21N3S. The topological polar surface area (TPSA) is 42.1 Å². The number of aryl methyl sites for hydroxylation is 2. The van der Waals surface area contributed by atoms with Crippen LogP contribution >= 0.6 is 11.3 Å². The van der Waals surface area contributed by atoms with Crippen molar-refractivity contribution in [3.63, 3.8) is 0 Å². The molecule has 0 amide bonds. The van der Waals surface area contributed by atoms with Gasteiger partial charge < -0.3 is 10.6 Å². The van der Waals surface area contributed by atoms with E-state index in [0.717, 1.165) is 36.6 Å². The van der Waals surface area contributed by atoms with Crippen molar-refractivity contribution < 1.29 is 0 Å². The third-order valence-electron chi connectivity index (χ3n) is 4.23. The smallest absolute Gasteiger partial charge is 0.113 e. The summed E-state index contributed by atoms with van der Waals surface area (Å²) in [5.41, 5.74) is 8.80. The fourth-order valence-electron chi connectivity index (χ4n) is 2.70. The van der Waals surface area contributed by atoms with E-state index in [2.05, 4.69) is 54.1 Å². The zero-order valence-corrected chi connectivity index (χ0v) is 12.9. The summed E-state index contributed by atoms with van der Waals surface area (Å²) in [5.74, 6) is 0. The van der Waals surface area contributed by atoms with Gasteiger partial charge in [-0.1, -0.05) is 18.2 Å². The molecule has 2 N–H and O–H groups in total. The second kappa shape index (κ2) is 5.19. The van der Waals surface area contributed by atoms with E-state index in [1.807, 2.05) is 0 Å². The van der Waals surface area contributed by atoms with Gasteiger partial charge in [-0.25, -0.2) is 4.98 Å². The summed E-state index contributed by atoms with van der Waals surface area (Å²) in [7, 11) is 0. The number of hydrogen-bond donors (Lipinski definition) is 1. The van der Waals surface area contributed by atoms with Gasteiger partial charge in [-0.05, 0) is 38.8 Å². The van der Waals surface area contributed by atoms with Crippen molar-refractivity contribution >= 4 is 17.0 Å². The van der Waals surface area contributed by atoms with Crippen molar-refractivity contribution in [3.05, 3.63) is 45.9 Å². The summed E-state index contributed by atoms with van der Waals surface area (Å²) in [4.78, 5) is 8.38. The van der Waals surface area contributed by atoms with Crippen molar-refractivity contribution in [1.29, 1.82) is 0 Å². The first kappa shape index (κ1) is 13.6. The summed E-state index contributed by atoms with van der Waals surface area (Å²) in [6.45, 7) is 6.19. The lowest BCUT2D eigenvalue weighted by Crippen LogP contribution is -2.48. The Hall–Kier alpha value is -1.39. The molecule has 2 heterocycles. The molecule has 0 unspecified atom stereocenters. The Morgan fingerprint density at radius 2 is 1.80 bits per heavy atom. The molecular weight excluding hydrogens is 266 g/mol. The van der Waals surface area contributed by atoms with Crippen LogP contribution in [-0.2, 0) is 5.54 Å². The first-order valence-corrected chi connectivity index (χ1v) is 7.93. The van der Waals surface area contributed by atoms with Crippen LogP contribution in [0.3, 0.4) is 0 Å². The van der Waals surface area contributed by atoms with Gasteiger partial charge in [0.2, 0.25) is 0 Å². The van der Waals surface area contributed by atoms with Crippen LogP contribution in [0.25, 0.3) is 0 Å². The van der Waals surface area contributed by atoms with Crippen LogP contribution in [-0.4, -0.2) is 18.1 Å². The highest BCUT2D eigenvalue weighted by Crippen LogP contribution is 2.35. The molecule has 1 aliphatic rings. The number of thiazole rings is 1. The molecule has 1 fully saturated rings. The summed E-state index contributed by atoms with van der Waals surface area (Å²) in [6, 6.07) is 10.6. The highest BCUT2D eigenvalue weighted by molar-refractivity contribution is 7.11. The van der Waals surface area contributed by atoms with E-state index in [0.29, 0.717) is 0 Å². The van der Waals surface area contributed by atoms with Crippen LogP contribution in [0.1, 0.15) is 28.4 Å². The third kappa shape index (κ3) is 2.45. The molecule has 2 aromatic rings. The van der Waals surface area contributed by atoms with Crippen molar-refractivity contribution in [1.82, 2.24) is 4.98 Å². The van der Waals surface area contributed by atoms with E-state index in [1.54, 1.807) is 11.3 Å². The Morgan fingerprint density at radius 1 is 1.15 bits per heavy atom. The molecule has 0 aliphatic carbocycles. The normalized spacial score (nSPS) is 18.2. The Kier molecular flexibility index (Phi) is 3.52. The van der Waals surface area contributed by atoms with Crippen LogP contribution < -0.4 is 10.6 Å². The maximum atomic E-state index is 6.62. The maximum absolute atomic E-state index is 6.62. The van der Waals surface area contributed by atoms with E-state index < -0.39 is 0 Å². The second-order valence-electron chi connectivity index (χ2n) is 5.64. The third-order valence-corrected chi connectivity index (χ3v) is 5.52. The van der Waals surface area contributed by atoms with Gasteiger partial charge in [0, 0.05) is 23.7 Å². The minimum absolute atomic E-state index is 0.241. The molecule has 0 bridgehead atoms. The van der Waals surface area contributed by atoms with E-state index in [-0.39, 0.29) is 5.54 Å². The number of benzene rings is 1. The fraction of sp³-hybridized carbons (Fsp3) is 0.438. The minimum Gasteiger partial charge on any atom is -0.371 e. The second-order valence-corrected chi connectivity index (χ2v) is 6.84. The molecule has 106 valence electrons. The van der Waals surface area contributed by atoms with Gasteiger partial charge in [0.15, 0.2) is 0 Å². The molecule has 1 saturated heterocycles. The molecule has 4 heteroatoms. The Balaban J connectivity index is 1.74. The first-order chi connectivity index (χ1) is 9.58. The highest BCUT2D eigenvalue weighted by atomic mass is 32.1. The Bertz CT molecular complexity index is 564. The molecule has 1 aliphatic heterocycles. The average Bonchev–Trinajstić information content (AvgIpc) is 2.81. The number of aromatic nitrogens is 1. The molecule has 0 saturated carbocycles. The number of para-hydroxylation sites is 1. The van der Waals surface area contributed by atoms with Gasteiger partial charge in [-0.15, -0.1) is 11.3 Å². The van der Waals surface area contributed by atoms with E-state index in [1.165, 1.54) is 10.6 Å². The van der Waals surface area contributed by atoms with Crippen LogP contribution in [0.4, 0.5) is 5.69 Å². The Labute approximate surface area is 124 Å². The number of rotatable bonds is 2. The van der Waals surface area contributed by atoms with Crippen LogP contribution in [0.5, 0.6) is 0 Å². The minimum atomic E-state index is -0.241. The van der Waals surface area contributed by atoms with E-state index in [4.69, 9.17) is 5.73 Å². The van der Waals surface area contributed by atoms with Crippen molar-refractivity contribution in [2.24, 2.45) is 5.73 Å². The van der Waals surface area contributed by atoms with Gasteiger partial charge in [0.05, 0.1) is 11.2 Å². The molecule has 0 spiro atoms. The molecule has 0 atom stereocenters. The van der Waals surface area contributed by atoms with Crippen molar-refractivity contribution in [2.75, 3.05) is 18.0 Å². The Morgan fingerprint density at radius 3 is 2.35 bits per heavy atom. The summed E-state index contributed by atoms with van der Waals surface area (Å²) in [5, 5.41) is 1.11. The number of nitrogens with two attached hydrogens (primary N) is 1. The van der Waals surface area contributed by atoms with Gasteiger partial charge >= 0.3 is 0 Å². The fourth-order valence-corrected chi connectivity index (χ4v) is 3.78. The quantitative estimate of drug-likeness (QED) is 0.922. The summed E-state index contributed by atoms with van der Waals surface area (Å²) >= 11 is 1.76. The van der Waals surface area contributed by atoms with Gasteiger partial charge in [0.1, 0.15) is 5.01 Å². The van der Waals surface area contributed by atoms with Crippen LogP contribution in [0.15, 0.2) is 30.3 Å². The number of anilines is 1. The lowest BCUT2D eigenvalue weighted by molar-refractivity contribution is 0.341. The predicted octanol–water partition coefficient (Wildman–Crippen LogP) is 3.21. The summed E-state index contributed by atoms with van der Waals surface area (Å²) in [6.07, 6.45) is 1.93. The highest BCUT2D eigenvalue weighted by Gasteiger charge is 2.35. The first-order valence-electron chi connectivity index (χ1n) is 7.12. The SMILES string of the molecule is Cc1nc(C2(N)CCN(c3ccccc3)CC2)sc1C. The van der Waals surface area contributed by atoms with Gasteiger partial charge in [-0.3, -0.25) is 0 Å². The van der Waals surface area contributed by atoms with Gasteiger partial charge in [-0.2, -0.15) is 0 Å². The lowest BCUT2D eigenvalue weighted by Gasteiger charge is -2.39.